The van der Waals surface area contributed by atoms with Crippen LogP contribution >= 0.6 is 0 Å². The van der Waals surface area contributed by atoms with Crippen LogP contribution in [0.1, 0.15) is 39.5 Å². The lowest BCUT2D eigenvalue weighted by Crippen LogP contribution is -1.95. The van der Waals surface area contributed by atoms with E-state index in [2.05, 4.69) is 32.9 Å². The van der Waals surface area contributed by atoms with E-state index in [0.717, 1.165) is 0 Å². The molecule has 0 nitrogen and oxygen atoms in total. The predicted octanol–water partition coefficient (Wildman–Crippen LogP) is 3.59. The van der Waals surface area contributed by atoms with Crippen LogP contribution in [-0.4, -0.2) is 0 Å². The molecular formula is C10H19. The van der Waals surface area contributed by atoms with Crippen molar-refractivity contribution in [3.8, 4) is 0 Å². The van der Waals surface area contributed by atoms with Gasteiger partial charge in [-0.1, -0.05) is 39.2 Å². The smallest absolute Gasteiger partial charge is 0.0205 e. The van der Waals surface area contributed by atoms with Crippen molar-refractivity contribution in [1.82, 2.24) is 0 Å². The Hall–Kier alpha value is -0.260. The van der Waals surface area contributed by atoms with Crippen molar-refractivity contribution >= 4 is 0 Å². The molecule has 59 valence electrons. The molecule has 0 aliphatic carbocycles. The fourth-order valence-electron chi connectivity index (χ4n) is 1.07. The van der Waals surface area contributed by atoms with Crippen LogP contribution in [0.4, 0.5) is 0 Å². The zero-order valence-corrected chi connectivity index (χ0v) is 7.27. The lowest BCUT2D eigenvalue weighted by atomic mass is 9.98. The monoisotopic (exact) mass is 139 g/mol. The van der Waals surface area contributed by atoms with Gasteiger partial charge in [0.05, 0.1) is 0 Å². The summed E-state index contributed by atoms with van der Waals surface area (Å²) < 4.78 is 0. The van der Waals surface area contributed by atoms with Gasteiger partial charge in [-0.25, -0.2) is 0 Å². The molecule has 0 amide bonds. The molecule has 0 aliphatic heterocycles. The van der Waals surface area contributed by atoms with Gasteiger partial charge < -0.3 is 0 Å². The van der Waals surface area contributed by atoms with Gasteiger partial charge in [-0.3, -0.25) is 0 Å². The maximum Gasteiger partial charge on any atom is -0.0205 e. The fourth-order valence-corrected chi connectivity index (χ4v) is 1.07. The Morgan fingerprint density at radius 1 is 1.40 bits per heavy atom. The van der Waals surface area contributed by atoms with Gasteiger partial charge in [-0.2, -0.15) is 0 Å². The topological polar surface area (TPSA) is 0 Å². The van der Waals surface area contributed by atoms with Crippen LogP contribution in [0.15, 0.2) is 12.7 Å². The minimum atomic E-state index is 0.657. The third-order valence-corrected chi connectivity index (χ3v) is 1.73. The van der Waals surface area contributed by atoms with Crippen molar-refractivity contribution in [2.75, 3.05) is 0 Å². The summed E-state index contributed by atoms with van der Waals surface area (Å²) in [5, 5.41) is 0. The van der Waals surface area contributed by atoms with E-state index < -0.39 is 0 Å². The summed E-state index contributed by atoms with van der Waals surface area (Å²) in [6, 6.07) is 0. The van der Waals surface area contributed by atoms with Crippen molar-refractivity contribution < 1.29 is 0 Å². The molecule has 0 N–H and O–H groups in total. The van der Waals surface area contributed by atoms with Crippen LogP contribution in [0, 0.1) is 12.3 Å². The maximum absolute atomic E-state index is 3.80. The first-order valence-electron chi connectivity index (χ1n) is 4.31. The van der Waals surface area contributed by atoms with Gasteiger partial charge in [-0.15, -0.1) is 6.58 Å². The number of hydrogen-bond donors (Lipinski definition) is 0. The summed E-state index contributed by atoms with van der Waals surface area (Å²) in [7, 11) is 0. The largest absolute Gasteiger partial charge is 0.103 e. The Morgan fingerprint density at radius 3 is 2.50 bits per heavy atom. The van der Waals surface area contributed by atoms with Crippen LogP contribution in [-0.2, 0) is 0 Å². The molecule has 0 heterocycles. The lowest BCUT2D eigenvalue weighted by Gasteiger charge is -2.08. The Bertz CT molecular complexity index is 74.1. The molecule has 0 bridgehead atoms. The lowest BCUT2D eigenvalue weighted by molar-refractivity contribution is 0.600. The van der Waals surface area contributed by atoms with E-state index in [9.17, 15) is 0 Å². The molecule has 0 saturated carbocycles. The maximum atomic E-state index is 3.80. The zero-order valence-electron chi connectivity index (χ0n) is 7.27. The molecule has 0 heteroatoms. The standard InChI is InChI=1S/C10H19/c1-4-7-9-10(6-3)8-5-2/h6,8,10H,3-5,7,9H2,1-2H3. The first-order chi connectivity index (χ1) is 4.85. The SMILES string of the molecule is C=CC([CH]CC)CCCC. The van der Waals surface area contributed by atoms with Crippen LogP contribution in [0.25, 0.3) is 0 Å². The van der Waals surface area contributed by atoms with E-state index in [-0.39, 0.29) is 0 Å². The minimum Gasteiger partial charge on any atom is -0.103 e. The van der Waals surface area contributed by atoms with E-state index in [1.165, 1.54) is 25.7 Å². The Labute approximate surface area is 65.3 Å². The van der Waals surface area contributed by atoms with Crippen molar-refractivity contribution in [1.29, 1.82) is 0 Å². The van der Waals surface area contributed by atoms with E-state index in [4.69, 9.17) is 0 Å². The first-order valence-corrected chi connectivity index (χ1v) is 4.31. The van der Waals surface area contributed by atoms with Gasteiger partial charge in [0.25, 0.3) is 0 Å². The molecule has 0 saturated heterocycles. The van der Waals surface area contributed by atoms with Crippen molar-refractivity contribution in [3.05, 3.63) is 19.1 Å². The van der Waals surface area contributed by atoms with E-state index in [0.29, 0.717) is 5.92 Å². The van der Waals surface area contributed by atoms with Gasteiger partial charge in [0, 0.05) is 0 Å². The molecule has 0 aromatic carbocycles. The van der Waals surface area contributed by atoms with Gasteiger partial charge in [0.15, 0.2) is 0 Å². The van der Waals surface area contributed by atoms with Crippen molar-refractivity contribution in [2.24, 2.45) is 5.92 Å². The Morgan fingerprint density at radius 2 is 2.10 bits per heavy atom. The molecule has 1 radical (unpaired) electrons. The van der Waals surface area contributed by atoms with Crippen LogP contribution in [0.2, 0.25) is 0 Å². The molecule has 0 aromatic rings. The number of unbranched alkanes of at least 4 members (excludes halogenated alkanes) is 1. The van der Waals surface area contributed by atoms with E-state index in [1.54, 1.807) is 0 Å². The van der Waals surface area contributed by atoms with Gasteiger partial charge >= 0.3 is 0 Å². The van der Waals surface area contributed by atoms with E-state index >= 15 is 0 Å². The van der Waals surface area contributed by atoms with Crippen LogP contribution < -0.4 is 0 Å². The second-order valence-corrected chi connectivity index (χ2v) is 2.69. The molecule has 0 aromatic heterocycles. The molecule has 10 heavy (non-hydrogen) atoms. The summed E-state index contributed by atoms with van der Waals surface area (Å²) in [5.41, 5.74) is 0. The highest BCUT2D eigenvalue weighted by molar-refractivity contribution is 4.88. The summed E-state index contributed by atoms with van der Waals surface area (Å²) in [4.78, 5) is 0. The minimum absolute atomic E-state index is 0.657. The molecule has 1 atom stereocenters. The molecule has 0 fully saturated rings. The van der Waals surface area contributed by atoms with Gasteiger partial charge in [0.1, 0.15) is 0 Å². The summed E-state index contributed by atoms with van der Waals surface area (Å²) in [6.45, 7) is 8.21. The highest BCUT2D eigenvalue weighted by Gasteiger charge is 2.00. The Balaban J connectivity index is 3.29. The summed E-state index contributed by atoms with van der Waals surface area (Å²) in [6.07, 6.45) is 9.46. The average molecular weight is 139 g/mol. The number of rotatable bonds is 6. The molecule has 0 rings (SSSR count). The van der Waals surface area contributed by atoms with Crippen molar-refractivity contribution in [2.45, 2.75) is 39.5 Å². The average Bonchev–Trinajstić information content (AvgIpc) is 1.98. The molecule has 0 aliphatic rings. The highest BCUT2D eigenvalue weighted by atomic mass is 14.1. The Kier molecular flexibility index (Phi) is 6.68. The zero-order chi connectivity index (χ0) is 7.82. The highest BCUT2D eigenvalue weighted by Crippen LogP contribution is 2.13. The second-order valence-electron chi connectivity index (χ2n) is 2.69. The van der Waals surface area contributed by atoms with Crippen LogP contribution in [0.5, 0.6) is 0 Å². The predicted molar refractivity (Wildman–Crippen MR) is 47.8 cm³/mol. The number of hydrogen-bond acceptors (Lipinski definition) is 0. The molecule has 1 unspecified atom stereocenters. The van der Waals surface area contributed by atoms with Crippen LogP contribution in [0.3, 0.4) is 0 Å². The third kappa shape index (κ3) is 4.60. The van der Waals surface area contributed by atoms with Crippen molar-refractivity contribution in [3.63, 3.8) is 0 Å². The second kappa shape index (κ2) is 6.85. The van der Waals surface area contributed by atoms with Gasteiger partial charge in [0.2, 0.25) is 0 Å². The fraction of sp³-hybridized carbons (Fsp3) is 0.700. The first kappa shape index (κ1) is 9.74. The van der Waals surface area contributed by atoms with Gasteiger partial charge in [-0.05, 0) is 18.8 Å². The van der Waals surface area contributed by atoms with E-state index in [1.807, 2.05) is 0 Å². The molecule has 0 spiro atoms. The summed E-state index contributed by atoms with van der Waals surface area (Å²) in [5.74, 6) is 0.657. The third-order valence-electron chi connectivity index (χ3n) is 1.73. The summed E-state index contributed by atoms with van der Waals surface area (Å²) >= 11 is 0. The normalized spacial score (nSPS) is 13.0. The molecular weight excluding hydrogens is 120 g/mol. The quantitative estimate of drug-likeness (QED) is 0.493. The number of allylic oxidation sites excluding steroid dienone is 1.